The van der Waals surface area contributed by atoms with Gasteiger partial charge in [0.2, 0.25) is 0 Å². The number of nitrogens with zero attached hydrogens (tertiary/aromatic N) is 4. The highest BCUT2D eigenvalue weighted by Gasteiger charge is 2.19. The SMILES string of the molecule is CCCN(C(N)=S)c1cc(-c2ccc(NC(=O)N3CCN(C)CC3)nc2)ccc1C. The van der Waals surface area contributed by atoms with Gasteiger partial charge in [-0.2, -0.15) is 0 Å². The van der Waals surface area contributed by atoms with Crippen LogP contribution in [-0.4, -0.2) is 65.7 Å². The van der Waals surface area contributed by atoms with Gasteiger partial charge in [0.05, 0.1) is 0 Å². The second-order valence-electron chi connectivity index (χ2n) is 7.64. The van der Waals surface area contributed by atoms with E-state index in [0.717, 1.165) is 61.5 Å². The van der Waals surface area contributed by atoms with Gasteiger partial charge >= 0.3 is 6.03 Å². The molecule has 0 aliphatic carbocycles. The van der Waals surface area contributed by atoms with Crippen LogP contribution < -0.4 is 16.0 Å². The first-order valence-corrected chi connectivity index (χ1v) is 10.7. The highest BCUT2D eigenvalue weighted by atomic mass is 32.1. The minimum atomic E-state index is -0.104. The molecule has 1 aliphatic heterocycles. The minimum absolute atomic E-state index is 0.104. The predicted molar refractivity (Wildman–Crippen MR) is 127 cm³/mol. The molecule has 1 fully saturated rings. The van der Waals surface area contributed by atoms with Crippen molar-refractivity contribution < 1.29 is 4.79 Å². The van der Waals surface area contributed by atoms with E-state index in [1.54, 1.807) is 6.20 Å². The van der Waals surface area contributed by atoms with Crippen LogP contribution in [0.1, 0.15) is 18.9 Å². The molecule has 1 aromatic heterocycles. The van der Waals surface area contributed by atoms with Gasteiger partial charge in [-0.15, -0.1) is 0 Å². The van der Waals surface area contributed by atoms with E-state index in [4.69, 9.17) is 18.0 Å². The number of nitrogens with two attached hydrogens (primary N) is 1. The number of aryl methyl sites for hydroxylation is 1. The average Bonchev–Trinajstić information content (AvgIpc) is 2.73. The molecule has 0 atom stereocenters. The van der Waals surface area contributed by atoms with Gasteiger partial charge in [-0.1, -0.05) is 19.1 Å². The van der Waals surface area contributed by atoms with Crippen LogP contribution >= 0.6 is 12.2 Å². The van der Waals surface area contributed by atoms with Gasteiger partial charge in [0.15, 0.2) is 5.11 Å². The van der Waals surface area contributed by atoms with Crippen LogP contribution in [0.15, 0.2) is 36.5 Å². The van der Waals surface area contributed by atoms with E-state index in [1.165, 1.54) is 0 Å². The Bertz CT molecular complexity index is 893. The number of urea groups is 1. The van der Waals surface area contributed by atoms with E-state index in [2.05, 4.69) is 54.3 Å². The van der Waals surface area contributed by atoms with Gasteiger partial charge in [0, 0.05) is 50.2 Å². The Balaban J connectivity index is 1.73. The van der Waals surface area contributed by atoms with Crippen molar-refractivity contribution in [3.05, 3.63) is 42.1 Å². The number of hydrogen-bond acceptors (Lipinski definition) is 4. The third-order valence-corrected chi connectivity index (χ3v) is 5.56. The number of hydrogen-bond donors (Lipinski definition) is 2. The lowest BCUT2D eigenvalue weighted by Crippen LogP contribution is -2.48. The number of carbonyl (C=O) groups is 1. The zero-order chi connectivity index (χ0) is 21.7. The second-order valence-corrected chi connectivity index (χ2v) is 8.06. The molecule has 3 N–H and O–H groups in total. The van der Waals surface area contributed by atoms with E-state index < -0.39 is 0 Å². The number of carbonyl (C=O) groups excluding carboxylic acids is 1. The summed E-state index contributed by atoms with van der Waals surface area (Å²) in [6.45, 7) is 8.15. The molecule has 0 spiro atoms. The first kappa shape index (κ1) is 22.0. The Hall–Kier alpha value is -2.71. The van der Waals surface area contributed by atoms with Crippen molar-refractivity contribution in [3.8, 4) is 11.1 Å². The first-order valence-electron chi connectivity index (χ1n) is 10.3. The van der Waals surface area contributed by atoms with Gasteiger partial charge in [-0.05, 0) is 61.9 Å². The summed E-state index contributed by atoms with van der Waals surface area (Å²) in [6, 6.07) is 9.90. The van der Waals surface area contributed by atoms with Crippen LogP contribution in [0.4, 0.5) is 16.3 Å². The summed E-state index contributed by atoms with van der Waals surface area (Å²) in [6.07, 6.45) is 2.73. The molecule has 0 radical (unpaired) electrons. The molecule has 160 valence electrons. The lowest BCUT2D eigenvalue weighted by atomic mass is 10.0. The Morgan fingerprint density at radius 3 is 2.50 bits per heavy atom. The van der Waals surface area contributed by atoms with Crippen LogP contribution in [0.3, 0.4) is 0 Å². The zero-order valence-corrected chi connectivity index (χ0v) is 18.7. The highest BCUT2D eigenvalue weighted by molar-refractivity contribution is 7.80. The maximum atomic E-state index is 12.4. The van der Waals surface area contributed by atoms with Crippen molar-refractivity contribution >= 4 is 34.9 Å². The number of rotatable bonds is 5. The molecular formula is C22H30N6OS. The lowest BCUT2D eigenvalue weighted by Gasteiger charge is -2.32. The summed E-state index contributed by atoms with van der Waals surface area (Å²) in [7, 11) is 2.06. The molecule has 0 bridgehead atoms. The van der Waals surface area contributed by atoms with Crippen molar-refractivity contribution in [2.45, 2.75) is 20.3 Å². The van der Waals surface area contributed by atoms with Crippen LogP contribution in [0.2, 0.25) is 0 Å². The van der Waals surface area contributed by atoms with Crippen LogP contribution in [0.5, 0.6) is 0 Å². The van der Waals surface area contributed by atoms with Gasteiger partial charge in [-0.25, -0.2) is 9.78 Å². The number of thiocarbonyl (C=S) groups is 1. The van der Waals surface area contributed by atoms with Crippen LogP contribution in [0, 0.1) is 6.92 Å². The smallest absolute Gasteiger partial charge is 0.323 e. The largest absolute Gasteiger partial charge is 0.376 e. The summed E-state index contributed by atoms with van der Waals surface area (Å²) < 4.78 is 0. The number of aromatic nitrogens is 1. The molecule has 1 aromatic carbocycles. The fourth-order valence-electron chi connectivity index (χ4n) is 3.49. The van der Waals surface area contributed by atoms with Gasteiger partial charge < -0.3 is 20.4 Å². The molecule has 2 amide bonds. The third kappa shape index (κ3) is 5.25. The molecule has 1 saturated heterocycles. The molecular weight excluding hydrogens is 396 g/mol. The van der Waals surface area contributed by atoms with Crippen molar-refractivity contribution in [2.24, 2.45) is 5.73 Å². The van der Waals surface area contributed by atoms with Crippen LogP contribution in [-0.2, 0) is 0 Å². The molecule has 7 nitrogen and oxygen atoms in total. The van der Waals surface area contributed by atoms with Gasteiger partial charge in [0.25, 0.3) is 0 Å². The van der Waals surface area contributed by atoms with E-state index >= 15 is 0 Å². The quantitative estimate of drug-likeness (QED) is 0.715. The maximum absolute atomic E-state index is 12.4. The van der Waals surface area contributed by atoms with Crippen molar-refractivity contribution in [3.63, 3.8) is 0 Å². The molecule has 2 heterocycles. The summed E-state index contributed by atoms with van der Waals surface area (Å²) >= 11 is 5.25. The molecule has 2 aromatic rings. The minimum Gasteiger partial charge on any atom is -0.376 e. The zero-order valence-electron chi connectivity index (χ0n) is 17.9. The summed E-state index contributed by atoms with van der Waals surface area (Å²) in [5, 5.41) is 3.26. The molecule has 0 unspecified atom stereocenters. The first-order chi connectivity index (χ1) is 14.4. The average molecular weight is 427 g/mol. The van der Waals surface area contributed by atoms with E-state index in [9.17, 15) is 4.79 Å². The molecule has 30 heavy (non-hydrogen) atoms. The number of anilines is 2. The van der Waals surface area contributed by atoms with Gasteiger partial charge in [-0.3, -0.25) is 5.32 Å². The van der Waals surface area contributed by atoms with Crippen molar-refractivity contribution in [1.82, 2.24) is 14.8 Å². The summed E-state index contributed by atoms with van der Waals surface area (Å²) in [5.74, 6) is 0.547. The predicted octanol–water partition coefficient (Wildman–Crippen LogP) is 3.30. The van der Waals surface area contributed by atoms with Crippen molar-refractivity contribution in [1.29, 1.82) is 0 Å². The monoisotopic (exact) mass is 426 g/mol. The Morgan fingerprint density at radius 1 is 1.20 bits per heavy atom. The number of piperazine rings is 1. The highest BCUT2D eigenvalue weighted by Crippen LogP contribution is 2.28. The molecule has 3 rings (SSSR count). The number of likely N-dealkylation sites (N-methyl/N-ethyl adjacent to an activating group) is 1. The van der Waals surface area contributed by atoms with E-state index in [1.807, 2.05) is 21.9 Å². The Kier molecular flexibility index (Phi) is 7.23. The number of nitrogens with one attached hydrogen (secondary N) is 1. The topological polar surface area (TPSA) is 77.7 Å². The fourth-order valence-corrected chi connectivity index (χ4v) is 3.68. The second kappa shape index (κ2) is 9.86. The number of benzene rings is 1. The Morgan fingerprint density at radius 2 is 1.90 bits per heavy atom. The number of pyridine rings is 1. The maximum Gasteiger partial charge on any atom is 0.323 e. The van der Waals surface area contributed by atoms with E-state index in [-0.39, 0.29) is 6.03 Å². The Labute approximate surface area is 183 Å². The third-order valence-electron chi connectivity index (χ3n) is 5.34. The van der Waals surface area contributed by atoms with Crippen LogP contribution in [0.25, 0.3) is 11.1 Å². The van der Waals surface area contributed by atoms with E-state index in [0.29, 0.717) is 10.9 Å². The van der Waals surface area contributed by atoms with Gasteiger partial charge in [0.1, 0.15) is 5.82 Å². The normalized spacial score (nSPS) is 14.4. The standard InChI is InChI=1S/C22H30N6OS/c1-4-9-28(21(23)30)19-14-17(6-5-16(19)2)18-7-8-20(24-15-18)25-22(29)27-12-10-26(3)11-13-27/h5-8,14-15H,4,9-13H2,1-3H3,(H2,23,30)(H,24,25,29). The summed E-state index contributed by atoms with van der Waals surface area (Å²) in [5.41, 5.74) is 10.1. The molecule has 8 heteroatoms. The van der Waals surface area contributed by atoms with Crippen molar-refractivity contribution in [2.75, 3.05) is 50.0 Å². The lowest BCUT2D eigenvalue weighted by molar-refractivity contribution is 0.164. The number of amides is 2. The molecule has 1 aliphatic rings. The fraction of sp³-hybridized carbons (Fsp3) is 0.409. The summed E-state index contributed by atoms with van der Waals surface area (Å²) in [4.78, 5) is 22.9. The molecule has 0 saturated carbocycles.